The Morgan fingerprint density at radius 2 is 1.95 bits per heavy atom. The van der Waals surface area contributed by atoms with E-state index >= 15 is 4.39 Å². The van der Waals surface area contributed by atoms with Gasteiger partial charge in [-0.05, 0) is 64.4 Å². The molecule has 0 radical (unpaired) electrons. The minimum atomic E-state index is -2.15. The number of hydrogen-bond donors (Lipinski definition) is 1. The number of unbranched alkanes of at least 4 members (excludes halogenated alkanes) is 2. The molecule has 222 valence electrons. The van der Waals surface area contributed by atoms with Gasteiger partial charge in [-0.2, -0.15) is 0 Å². The normalized spacial score (nSPS) is 43.1. The van der Waals surface area contributed by atoms with Crippen molar-refractivity contribution >= 4 is 23.8 Å². The van der Waals surface area contributed by atoms with Crippen LogP contribution in [0.3, 0.4) is 0 Å². The van der Waals surface area contributed by atoms with Crippen LogP contribution in [0, 0.1) is 22.7 Å². The molecule has 40 heavy (non-hydrogen) atoms. The van der Waals surface area contributed by atoms with Gasteiger partial charge in [-0.3, -0.25) is 14.4 Å². The highest BCUT2D eigenvalue weighted by molar-refractivity contribution is 5.93. The smallest absolute Gasteiger partial charge is 0.306 e. The van der Waals surface area contributed by atoms with Crippen molar-refractivity contribution in [2.45, 2.75) is 128 Å². The number of carbonyl (C=O) groups excluding carboxylic acids is 4. The Morgan fingerprint density at radius 3 is 2.65 bits per heavy atom. The van der Waals surface area contributed by atoms with E-state index in [-0.39, 0.29) is 37.9 Å². The molecular formula is C31H43FO8. The van der Waals surface area contributed by atoms with Gasteiger partial charge in [-0.15, -0.1) is 0 Å². The van der Waals surface area contributed by atoms with Gasteiger partial charge in [-0.25, -0.2) is 4.39 Å². The summed E-state index contributed by atoms with van der Waals surface area (Å²) in [5.41, 5.74) is -5.32. The fraction of sp³-hybridized carbons (Fsp3) is 0.806. The number of hydrogen-bond acceptors (Lipinski definition) is 8. The standard InChI is InChI=1S/C31H43FO8/c1-5-6-7-8-26(37)38-18-24(36)31-25(39-27(2,3)40-31)16-22-21-10-9-19-15-20(34)11-12-29(19,13-14-33)30(21,32)23(35)17-28(22,31)4/h14-15,21-23,25,35H,5-13,16-18H2,1-4H3/t21-,22-,23-,25-,28-,29-,30?,31+/m0/s1. The molecule has 4 fully saturated rings. The van der Waals surface area contributed by atoms with Crippen LogP contribution in [0.5, 0.6) is 0 Å². The second kappa shape index (κ2) is 10.1. The highest BCUT2D eigenvalue weighted by atomic mass is 19.1. The Kier molecular flexibility index (Phi) is 7.44. The maximum Gasteiger partial charge on any atom is 0.306 e. The minimum Gasteiger partial charge on any atom is -0.458 e. The Bertz CT molecular complexity index is 1120. The third kappa shape index (κ3) is 4.01. The molecule has 1 N–H and O–H groups in total. The van der Waals surface area contributed by atoms with Crippen LogP contribution in [-0.4, -0.2) is 64.8 Å². The molecule has 9 heteroatoms. The highest BCUT2D eigenvalue weighted by Gasteiger charge is 2.80. The lowest BCUT2D eigenvalue weighted by Gasteiger charge is -2.64. The van der Waals surface area contributed by atoms with Crippen LogP contribution in [0.4, 0.5) is 4.39 Å². The summed E-state index contributed by atoms with van der Waals surface area (Å²) >= 11 is 0. The molecule has 0 bridgehead atoms. The number of aliphatic hydroxyl groups is 1. The predicted molar refractivity (Wildman–Crippen MR) is 142 cm³/mol. The molecule has 0 aromatic heterocycles. The van der Waals surface area contributed by atoms with E-state index in [0.29, 0.717) is 37.5 Å². The van der Waals surface area contributed by atoms with Gasteiger partial charge in [-0.1, -0.05) is 32.3 Å². The number of Topliss-reactive ketones (excluding diaryl/α,β-unsaturated/α-hetero) is 1. The van der Waals surface area contributed by atoms with Gasteiger partial charge in [0.1, 0.15) is 12.0 Å². The van der Waals surface area contributed by atoms with Crippen molar-refractivity contribution in [3.63, 3.8) is 0 Å². The van der Waals surface area contributed by atoms with E-state index in [1.807, 2.05) is 13.8 Å². The molecular weight excluding hydrogens is 519 g/mol. The second-order valence-corrected chi connectivity index (χ2v) is 13.4. The average molecular weight is 563 g/mol. The topological polar surface area (TPSA) is 116 Å². The first kappa shape index (κ1) is 29.5. The summed E-state index contributed by atoms with van der Waals surface area (Å²) < 4.78 is 35.9. The molecule has 1 saturated heterocycles. The van der Waals surface area contributed by atoms with Crippen LogP contribution in [0.15, 0.2) is 11.6 Å². The first-order chi connectivity index (χ1) is 18.8. The van der Waals surface area contributed by atoms with E-state index in [4.69, 9.17) is 14.2 Å². The fourth-order valence-corrected chi connectivity index (χ4v) is 9.35. The lowest BCUT2D eigenvalue weighted by atomic mass is 9.42. The van der Waals surface area contributed by atoms with Crippen LogP contribution in [-0.2, 0) is 33.4 Å². The molecule has 5 aliphatic rings. The number of esters is 1. The van der Waals surface area contributed by atoms with Gasteiger partial charge in [0.25, 0.3) is 0 Å². The van der Waals surface area contributed by atoms with Crippen LogP contribution in [0.25, 0.3) is 0 Å². The van der Waals surface area contributed by atoms with Crippen LogP contribution in [0.1, 0.15) is 98.3 Å². The Balaban J connectivity index is 1.50. The van der Waals surface area contributed by atoms with Crippen molar-refractivity contribution in [3.05, 3.63) is 11.6 Å². The molecule has 8 atom stereocenters. The number of ketones is 2. The first-order valence-corrected chi connectivity index (χ1v) is 14.9. The van der Waals surface area contributed by atoms with Crippen molar-refractivity contribution < 1.29 is 42.9 Å². The van der Waals surface area contributed by atoms with Crippen molar-refractivity contribution in [2.24, 2.45) is 22.7 Å². The SMILES string of the molecule is CCCCCC(=O)OCC(=O)[C@@]12OC(C)(C)O[C@H]1C[C@H]1[C@@H]3CCC4=CC(=O)CC[C@@]4(CC=O)C3(F)[C@@H](O)C[C@@]12C. The Morgan fingerprint density at radius 1 is 1.20 bits per heavy atom. The maximum atomic E-state index is 17.8. The monoisotopic (exact) mass is 562 g/mol. The summed E-state index contributed by atoms with van der Waals surface area (Å²) in [6, 6.07) is 0. The number of halogens is 1. The molecule has 1 unspecified atom stereocenters. The zero-order valence-corrected chi connectivity index (χ0v) is 24.1. The lowest BCUT2D eigenvalue weighted by molar-refractivity contribution is -0.253. The van der Waals surface area contributed by atoms with Gasteiger partial charge in [0.2, 0.25) is 5.78 Å². The van der Waals surface area contributed by atoms with E-state index in [1.54, 1.807) is 13.8 Å². The first-order valence-electron chi connectivity index (χ1n) is 14.9. The quantitative estimate of drug-likeness (QED) is 0.251. The number of aliphatic hydroxyl groups excluding tert-OH is 1. The van der Waals surface area contributed by atoms with Gasteiger partial charge < -0.3 is 24.1 Å². The van der Waals surface area contributed by atoms with Crippen LogP contribution >= 0.6 is 0 Å². The zero-order chi connectivity index (χ0) is 29.1. The average Bonchev–Trinajstić information content (AvgIpc) is 3.29. The molecule has 1 heterocycles. The molecule has 3 saturated carbocycles. The van der Waals surface area contributed by atoms with Crippen molar-refractivity contribution in [3.8, 4) is 0 Å². The van der Waals surface area contributed by atoms with Crippen LogP contribution in [0.2, 0.25) is 0 Å². The van der Waals surface area contributed by atoms with Crippen LogP contribution < -0.4 is 0 Å². The predicted octanol–water partition coefficient (Wildman–Crippen LogP) is 4.34. The number of carbonyl (C=O) groups is 4. The van der Waals surface area contributed by atoms with Crippen molar-refractivity contribution in [2.75, 3.05) is 6.61 Å². The van der Waals surface area contributed by atoms with Gasteiger partial charge in [0, 0.05) is 36.0 Å². The summed E-state index contributed by atoms with van der Waals surface area (Å²) in [6.07, 6.45) is 4.01. The highest BCUT2D eigenvalue weighted by Crippen LogP contribution is 2.73. The Labute approximate surface area is 235 Å². The third-order valence-electron chi connectivity index (χ3n) is 10.9. The summed E-state index contributed by atoms with van der Waals surface area (Å²) in [4.78, 5) is 50.6. The summed E-state index contributed by atoms with van der Waals surface area (Å²) in [6.45, 7) is 6.88. The van der Waals surface area contributed by atoms with E-state index in [0.717, 1.165) is 12.8 Å². The van der Waals surface area contributed by atoms with E-state index < -0.39 is 70.3 Å². The fourth-order valence-electron chi connectivity index (χ4n) is 9.35. The minimum absolute atomic E-state index is 0.0815. The van der Waals surface area contributed by atoms with Gasteiger partial charge >= 0.3 is 5.97 Å². The number of rotatable bonds is 9. The molecule has 0 spiro atoms. The molecule has 0 amide bonds. The Hall–Kier alpha value is -1.97. The number of fused-ring (bicyclic) bond motifs is 7. The zero-order valence-electron chi connectivity index (χ0n) is 24.1. The number of aldehydes is 1. The van der Waals surface area contributed by atoms with E-state index in [2.05, 4.69) is 0 Å². The summed E-state index contributed by atoms with van der Waals surface area (Å²) in [5.74, 6) is -3.13. The third-order valence-corrected chi connectivity index (χ3v) is 10.9. The molecule has 8 nitrogen and oxygen atoms in total. The lowest BCUT2D eigenvalue weighted by Crippen LogP contribution is -2.71. The van der Waals surface area contributed by atoms with Crippen molar-refractivity contribution in [1.82, 2.24) is 0 Å². The second-order valence-electron chi connectivity index (χ2n) is 13.4. The van der Waals surface area contributed by atoms with Gasteiger partial charge in [0.05, 0.1) is 12.2 Å². The largest absolute Gasteiger partial charge is 0.458 e. The molecule has 4 aliphatic carbocycles. The summed E-state index contributed by atoms with van der Waals surface area (Å²) in [5, 5.41) is 11.8. The maximum absolute atomic E-state index is 17.8. The molecule has 1 aliphatic heterocycles. The molecule has 0 aromatic rings. The number of alkyl halides is 1. The van der Waals surface area contributed by atoms with Gasteiger partial charge in [0.15, 0.2) is 23.8 Å². The molecule has 0 aromatic carbocycles. The number of ether oxygens (including phenoxy) is 3. The van der Waals surface area contributed by atoms with E-state index in [1.165, 1.54) is 6.08 Å². The van der Waals surface area contributed by atoms with E-state index in [9.17, 15) is 24.3 Å². The molecule has 5 rings (SSSR count). The van der Waals surface area contributed by atoms with Crippen molar-refractivity contribution in [1.29, 1.82) is 0 Å². The summed E-state index contributed by atoms with van der Waals surface area (Å²) in [7, 11) is 0. The number of allylic oxidation sites excluding steroid dienone is 1.